The molecule has 0 aliphatic heterocycles. The van der Waals surface area contributed by atoms with E-state index < -0.39 is 45.8 Å². The number of hydrogen-bond acceptors (Lipinski definition) is 4. The topological polar surface area (TPSA) is 80.7 Å². The number of sulfone groups is 1. The highest BCUT2D eigenvalue weighted by molar-refractivity contribution is 7.91. The van der Waals surface area contributed by atoms with Crippen LogP contribution in [-0.4, -0.2) is 44.6 Å². The summed E-state index contributed by atoms with van der Waals surface area (Å²) in [6.45, 7) is -2.25. The Kier molecular flexibility index (Phi) is 5.60. The second-order valence-corrected chi connectivity index (χ2v) is 6.42. The van der Waals surface area contributed by atoms with Crippen LogP contribution >= 0.6 is 11.6 Å². The highest BCUT2D eigenvalue weighted by Crippen LogP contribution is 2.24. The molecule has 1 rings (SSSR count). The van der Waals surface area contributed by atoms with Crippen molar-refractivity contribution in [3.05, 3.63) is 28.8 Å². The Morgan fingerprint density at radius 1 is 1.33 bits per heavy atom. The van der Waals surface area contributed by atoms with Gasteiger partial charge in [0.1, 0.15) is 6.61 Å². The fourth-order valence-electron chi connectivity index (χ4n) is 1.34. The molecule has 0 aliphatic rings. The van der Waals surface area contributed by atoms with Gasteiger partial charge in [-0.2, -0.15) is 13.2 Å². The number of carboxylic acids is 1. The highest BCUT2D eigenvalue weighted by atomic mass is 35.5. The Labute approximate surface area is 123 Å². The Hall–Kier alpha value is -1.32. The van der Waals surface area contributed by atoms with Gasteiger partial charge in [-0.15, -0.1) is 0 Å². The third kappa shape index (κ3) is 5.52. The van der Waals surface area contributed by atoms with Gasteiger partial charge in [0.2, 0.25) is 0 Å². The molecule has 0 bridgehead atoms. The number of carboxylic acid groups (broad SMARTS) is 1. The number of aromatic carboxylic acids is 1. The molecule has 5 nitrogen and oxygen atoms in total. The minimum absolute atomic E-state index is 0.212. The number of ether oxygens (including phenoxy) is 1. The number of rotatable bonds is 6. The lowest BCUT2D eigenvalue weighted by molar-refractivity contribution is -0.172. The van der Waals surface area contributed by atoms with Gasteiger partial charge in [0, 0.05) is 0 Å². The molecule has 1 aromatic rings. The number of carbonyl (C=O) groups is 1. The fraction of sp³-hybridized carbons (Fsp3) is 0.364. The van der Waals surface area contributed by atoms with Gasteiger partial charge < -0.3 is 9.84 Å². The number of hydrogen-bond donors (Lipinski definition) is 1. The summed E-state index contributed by atoms with van der Waals surface area (Å²) in [7, 11) is -4.05. The van der Waals surface area contributed by atoms with Crippen LogP contribution in [0.15, 0.2) is 23.1 Å². The maximum Gasteiger partial charge on any atom is 0.411 e. The lowest BCUT2D eigenvalue weighted by Gasteiger charge is -2.09. The van der Waals surface area contributed by atoms with Crippen LogP contribution in [0, 0.1) is 0 Å². The zero-order valence-electron chi connectivity index (χ0n) is 10.4. The van der Waals surface area contributed by atoms with E-state index >= 15 is 0 Å². The monoisotopic (exact) mass is 346 g/mol. The largest absolute Gasteiger partial charge is 0.478 e. The van der Waals surface area contributed by atoms with Crippen molar-refractivity contribution >= 4 is 27.4 Å². The summed E-state index contributed by atoms with van der Waals surface area (Å²) in [5.74, 6) is -2.09. The fourth-order valence-corrected chi connectivity index (χ4v) is 3.04. The van der Waals surface area contributed by atoms with E-state index in [1.165, 1.54) is 0 Å². The average molecular weight is 347 g/mol. The van der Waals surface area contributed by atoms with Crippen molar-refractivity contribution in [3.63, 3.8) is 0 Å². The number of alkyl halides is 3. The molecule has 1 aromatic carbocycles. The molecule has 118 valence electrons. The molecule has 0 aromatic heterocycles. The minimum Gasteiger partial charge on any atom is -0.478 e. The second-order valence-electron chi connectivity index (χ2n) is 3.94. The molecule has 0 heterocycles. The molecule has 0 spiro atoms. The third-order valence-electron chi connectivity index (χ3n) is 2.28. The molecule has 0 radical (unpaired) electrons. The van der Waals surface area contributed by atoms with Crippen molar-refractivity contribution in [2.24, 2.45) is 0 Å². The van der Waals surface area contributed by atoms with Crippen molar-refractivity contribution in [2.45, 2.75) is 11.1 Å². The maximum atomic E-state index is 11.9. The van der Waals surface area contributed by atoms with E-state index in [-0.39, 0.29) is 10.6 Å². The van der Waals surface area contributed by atoms with E-state index in [0.717, 1.165) is 18.2 Å². The molecule has 1 N–H and O–H groups in total. The van der Waals surface area contributed by atoms with Gasteiger partial charge in [0.15, 0.2) is 9.84 Å². The Morgan fingerprint density at radius 3 is 2.48 bits per heavy atom. The van der Waals surface area contributed by atoms with Crippen LogP contribution in [0.1, 0.15) is 10.4 Å². The van der Waals surface area contributed by atoms with Crippen LogP contribution < -0.4 is 0 Å². The number of halogens is 4. The molecule has 0 saturated heterocycles. The Morgan fingerprint density at radius 2 is 1.95 bits per heavy atom. The number of benzene rings is 1. The summed E-state index contributed by atoms with van der Waals surface area (Å²) in [6, 6.07) is 3.06. The lowest BCUT2D eigenvalue weighted by atomic mass is 10.2. The lowest BCUT2D eigenvalue weighted by Crippen LogP contribution is -2.21. The van der Waals surface area contributed by atoms with E-state index in [1.807, 2.05) is 0 Å². The van der Waals surface area contributed by atoms with Gasteiger partial charge in [-0.05, 0) is 18.2 Å². The Bertz CT molecular complexity index is 627. The molecular weight excluding hydrogens is 337 g/mol. The van der Waals surface area contributed by atoms with E-state index in [4.69, 9.17) is 16.7 Å². The van der Waals surface area contributed by atoms with Crippen LogP contribution in [-0.2, 0) is 14.6 Å². The molecule has 0 atom stereocenters. The summed E-state index contributed by atoms with van der Waals surface area (Å²) in [4.78, 5) is 10.3. The third-order valence-corrected chi connectivity index (χ3v) is 4.43. The van der Waals surface area contributed by atoms with E-state index in [2.05, 4.69) is 4.74 Å². The first-order valence-corrected chi connectivity index (χ1v) is 7.46. The van der Waals surface area contributed by atoms with Gasteiger partial charge in [-0.25, -0.2) is 13.2 Å². The zero-order chi connectivity index (χ0) is 16.3. The summed E-state index contributed by atoms with van der Waals surface area (Å²) < 4.78 is 63.6. The van der Waals surface area contributed by atoms with Crippen molar-refractivity contribution in [3.8, 4) is 0 Å². The second kappa shape index (κ2) is 6.63. The molecule has 0 unspecified atom stereocenters. The summed E-state index contributed by atoms with van der Waals surface area (Å²) >= 11 is 5.68. The maximum absolute atomic E-state index is 11.9. The SMILES string of the molecule is O=C(O)c1ccc(Cl)c(S(=O)(=O)CCOCC(F)(F)F)c1. The predicted octanol–water partition coefficient (Wildman–Crippen LogP) is 2.39. The highest BCUT2D eigenvalue weighted by Gasteiger charge is 2.28. The zero-order valence-corrected chi connectivity index (χ0v) is 11.9. The molecular formula is C11H10ClF3O5S. The summed E-state index contributed by atoms with van der Waals surface area (Å²) in [5, 5.41) is 8.57. The van der Waals surface area contributed by atoms with Crippen molar-refractivity contribution in [1.82, 2.24) is 0 Å². The van der Waals surface area contributed by atoms with Crippen LogP contribution in [0.2, 0.25) is 5.02 Å². The smallest absolute Gasteiger partial charge is 0.411 e. The van der Waals surface area contributed by atoms with E-state index in [1.54, 1.807) is 0 Å². The first kappa shape index (κ1) is 17.7. The molecule has 0 aliphatic carbocycles. The minimum atomic E-state index is -4.55. The molecule has 10 heteroatoms. The van der Waals surface area contributed by atoms with Gasteiger partial charge in [-0.1, -0.05) is 11.6 Å². The van der Waals surface area contributed by atoms with Crippen LogP contribution in [0.4, 0.5) is 13.2 Å². The predicted molar refractivity (Wildman–Crippen MR) is 67.3 cm³/mol. The first-order chi connectivity index (χ1) is 9.53. The average Bonchev–Trinajstić information content (AvgIpc) is 2.33. The van der Waals surface area contributed by atoms with Crippen LogP contribution in [0.25, 0.3) is 0 Å². The van der Waals surface area contributed by atoms with Crippen molar-refractivity contribution in [2.75, 3.05) is 19.0 Å². The van der Waals surface area contributed by atoms with Gasteiger partial charge in [0.05, 0.1) is 27.8 Å². The summed E-state index contributed by atoms with van der Waals surface area (Å²) in [5.41, 5.74) is -0.297. The molecule has 21 heavy (non-hydrogen) atoms. The summed E-state index contributed by atoms with van der Waals surface area (Å²) in [6.07, 6.45) is -4.55. The first-order valence-electron chi connectivity index (χ1n) is 5.43. The standard InChI is InChI=1S/C11H10ClF3O5S/c12-8-2-1-7(10(16)17)5-9(8)21(18,19)4-3-20-6-11(13,14)15/h1-2,5H,3-4,6H2,(H,16,17). The van der Waals surface area contributed by atoms with Gasteiger partial charge >= 0.3 is 12.1 Å². The van der Waals surface area contributed by atoms with Gasteiger partial charge in [0.25, 0.3) is 0 Å². The van der Waals surface area contributed by atoms with Gasteiger partial charge in [-0.3, -0.25) is 0 Å². The van der Waals surface area contributed by atoms with Crippen LogP contribution in [0.5, 0.6) is 0 Å². The Balaban J connectivity index is 2.83. The van der Waals surface area contributed by atoms with Crippen molar-refractivity contribution < 1.29 is 36.2 Å². The van der Waals surface area contributed by atoms with E-state index in [0.29, 0.717) is 0 Å². The van der Waals surface area contributed by atoms with Crippen molar-refractivity contribution in [1.29, 1.82) is 0 Å². The van der Waals surface area contributed by atoms with Crippen LogP contribution in [0.3, 0.4) is 0 Å². The molecule has 0 amide bonds. The normalized spacial score (nSPS) is 12.4. The quantitative estimate of drug-likeness (QED) is 0.800. The molecule has 0 fully saturated rings. The van der Waals surface area contributed by atoms with E-state index in [9.17, 15) is 26.4 Å². The molecule has 0 saturated carbocycles.